The molecule has 4 aromatic rings. The van der Waals surface area contributed by atoms with Gasteiger partial charge in [0, 0.05) is 17.7 Å². The molecule has 0 bridgehead atoms. The van der Waals surface area contributed by atoms with Crippen molar-refractivity contribution in [3.63, 3.8) is 0 Å². The molecule has 0 saturated carbocycles. The predicted octanol–water partition coefficient (Wildman–Crippen LogP) is 4.71. The van der Waals surface area contributed by atoms with Crippen LogP contribution in [0.5, 0.6) is 0 Å². The summed E-state index contributed by atoms with van der Waals surface area (Å²) in [5.41, 5.74) is 2.48. The molecule has 0 aliphatic heterocycles. The predicted molar refractivity (Wildman–Crippen MR) is 124 cm³/mol. The van der Waals surface area contributed by atoms with E-state index in [2.05, 4.69) is 20.2 Å². The quantitative estimate of drug-likeness (QED) is 0.220. The number of halogens is 1. The number of aromatic amines is 1. The van der Waals surface area contributed by atoms with Gasteiger partial charge in [-0.15, -0.1) is 10.2 Å². The lowest BCUT2D eigenvalue weighted by molar-refractivity contribution is 0.185. The molecular weight excluding hydrogens is 448 g/mol. The van der Waals surface area contributed by atoms with E-state index >= 15 is 0 Å². The van der Waals surface area contributed by atoms with Gasteiger partial charge in [-0.25, -0.2) is 4.98 Å². The summed E-state index contributed by atoms with van der Waals surface area (Å²) in [5, 5.41) is 30.1. The molecule has 0 spiro atoms. The van der Waals surface area contributed by atoms with Crippen molar-refractivity contribution in [3.05, 3.63) is 65.1 Å². The standard InChI is InChI=1S/C22H19ClN6O2S/c1-31-11-10-29-21(14-6-8-15(23)9-7-14)27-28-22(29)32-13-19(30)16(12-24)20-25-17-4-2-3-5-18(17)26-20/h2-9,30H,10-11,13H2,1H3,(H,25,26)/b19-16+. The van der Waals surface area contributed by atoms with Crippen LogP contribution in [0.25, 0.3) is 28.0 Å². The highest BCUT2D eigenvalue weighted by molar-refractivity contribution is 7.99. The van der Waals surface area contributed by atoms with Crippen molar-refractivity contribution in [2.45, 2.75) is 11.7 Å². The molecule has 32 heavy (non-hydrogen) atoms. The maximum Gasteiger partial charge on any atom is 0.192 e. The Balaban J connectivity index is 1.60. The van der Waals surface area contributed by atoms with Gasteiger partial charge in [0.2, 0.25) is 0 Å². The minimum atomic E-state index is -0.0918. The fourth-order valence-corrected chi connectivity index (χ4v) is 4.09. The molecule has 2 N–H and O–H groups in total. The first-order chi connectivity index (χ1) is 15.6. The Morgan fingerprint density at radius 3 is 2.72 bits per heavy atom. The van der Waals surface area contributed by atoms with Crippen LogP contribution in [0.4, 0.5) is 0 Å². The highest BCUT2D eigenvalue weighted by Crippen LogP contribution is 2.27. The average Bonchev–Trinajstić information content (AvgIpc) is 3.41. The first kappa shape index (κ1) is 21.9. The summed E-state index contributed by atoms with van der Waals surface area (Å²) in [6, 6.07) is 16.8. The van der Waals surface area contributed by atoms with Crippen LogP contribution in [0.3, 0.4) is 0 Å². The van der Waals surface area contributed by atoms with Crippen LogP contribution in [0.2, 0.25) is 5.02 Å². The number of para-hydroxylation sites is 2. The Labute approximate surface area is 193 Å². The number of nitriles is 1. The molecule has 0 saturated heterocycles. The lowest BCUT2D eigenvalue weighted by Crippen LogP contribution is -2.08. The number of benzene rings is 2. The topological polar surface area (TPSA) is 113 Å². The maximum atomic E-state index is 10.6. The van der Waals surface area contributed by atoms with Gasteiger partial charge in [-0.2, -0.15) is 5.26 Å². The highest BCUT2D eigenvalue weighted by Gasteiger charge is 2.18. The Kier molecular flexibility index (Phi) is 6.75. The van der Waals surface area contributed by atoms with Gasteiger partial charge in [0.05, 0.1) is 29.9 Å². The van der Waals surface area contributed by atoms with E-state index in [9.17, 15) is 10.4 Å². The van der Waals surface area contributed by atoms with Crippen molar-refractivity contribution in [3.8, 4) is 17.5 Å². The summed E-state index contributed by atoms with van der Waals surface area (Å²) in [6.45, 7) is 0.999. The van der Waals surface area contributed by atoms with Crippen molar-refractivity contribution in [2.75, 3.05) is 19.5 Å². The number of allylic oxidation sites excluding steroid dienone is 1. The number of aliphatic hydroxyl groups is 1. The molecule has 0 aliphatic carbocycles. The van der Waals surface area contributed by atoms with Gasteiger partial charge in [0.1, 0.15) is 17.4 Å². The lowest BCUT2D eigenvalue weighted by atomic mass is 10.2. The largest absolute Gasteiger partial charge is 0.510 e. The molecule has 0 atom stereocenters. The van der Waals surface area contributed by atoms with E-state index < -0.39 is 0 Å². The fourth-order valence-electron chi connectivity index (χ4n) is 3.12. The summed E-state index contributed by atoms with van der Waals surface area (Å²) < 4.78 is 7.14. The van der Waals surface area contributed by atoms with Gasteiger partial charge in [0.15, 0.2) is 16.8 Å². The van der Waals surface area contributed by atoms with E-state index in [1.165, 1.54) is 11.8 Å². The summed E-state index contributed by atoms with van der Waals surface area (Å²) >= 11 is 7.27. The molecular formula is C22H19ClN6O2S. The number of hydrogen-bond donors (Lipinski definition) is 2. The number of nitrogens with one attached hydrogen (secondary N) is 1. The van der Waals surface area contributed by atoms with Crippen molar-refractivity contribution in [1.82, 2.24) is 24.7 Å². The number of thioether (sulfide) groups is 1. The van der Waals surface area contributed by atoms with E-state index in [-0.39, 0.29) is 17.1 Å². The molecule has 0 amide bonds. The molecule has 162 valence electrons. The van der Waals surface area contributed by atoms with Gasteiger partial charge in [-0.05, 0) is 36.4 Å². The number of aliphatic hydroxyl groups excluding tert-OH is 1. The number of hydrogen-bond acceptors (Lipinski definition) is 7. The minimum Gasteiger partial charge on any atom is -0.510 e. The van der Waals surface area contributed by atoms with Crippen molar-refractivity contribution >= 4 is 40.0 Å². The Morgan fingerprint density at radius 1 is 1.22 bits per heavy atom. The summed E-state index contributed by atoms with van der Waals surface area (Å²) in [4.78, 5) is 7.48. The zero-order valence-electron chi connectivity index (χ0n) is 17.1. The average molecular weight is 467 g/mol. The van der Waals surface area contributed by atoms with E-state index in [1.807, 2.05) is 47.0 Å². The second kappa shape index (κ2) is 9.87. The van der Waals surface area contributed by atoms with Gasteiger partial charge in [-0.3, -0.25) is 4.57 Å². The number of rotatable bonds is 8. The van der Waals surface area contributed by atoms with Crippen LogP contribution >= 0.6 is 23.4 Å². The van der Waals surface area contributed by atoms with Crippen LogP contribution in [-0.2, 0) is 11.3 Å². The van der Waals surface area contributed by atoms with E-state index in [4.69, 9.17) is 16.3 Å². The SMILES string of the molecule is COCCn1c(SC/C(O)=C(/C#N)c2nc3ccccc3[nH]2)nnc1-c1ccc(Cl)cc1. The minimum absolute atomic E-state index is 0.0918. The Bertz CT molecular complexity index is 1270. The van der Waals surface area contributed by atoms with Crippen LogP contribution in [-0.4, -0.2) is 49.3 Å². The highest BCUT2D eigenvalue weighted by atomic mass is 35.5. The fraction of sp³-hybridized carbons (Fsp3) is 0.182. The molecule has 8 nitrogen and oxygen atoms in total. The van der Waals surface area contributed by atoms with Crippen molar-refractivity contribution in [2.24, 2.45) is 0 Å². The number of nitrogens with zero attached hydrogens (tertiary/aromatic N) is 5. The number of fused-ring (bicyclic) bond motifs is 1. The second-order valence-corrected chi connectivity index (χ2v) is 8.16. The third-order valence-corrected chi connectivity index (χ3v) is 5.93. The Hall–Kier alpha value is -3.32. The Morgan fingerprint density at radius 2 is 2.00 bits per heavy atom. The number of H-pyrrole nitrogens is 1. The number of imidazole rings is 1. The lowest BCUT2D eigenvalue weighted by Gasteiger charge is -2.10. The van der Waals surface area contributed by atoms with E-state index in [0.717, 1.165) is 16.6 Å². The van der Waals surface area contributed by atoms with Gasteiger partial charge >= 0.3 is 0 Å². The van der Waals surface area contributed by atoms with Gasteiger partial charge in [-0.1, -0.05) is 35.5 Å². The molecule has 2 aromatic heterocycles. The maximum absolute atomic E-state index is 10.6. The smallest absolute Gasteiger partial charge is 0.192 e. The molecule has 0 radical (unpaired) electrons. The third-order valence-electron chi connectivity index (χ3n) is 4.70. The zero-order chi connectivity index (χ0) is 22.5. The summed E-state index contributed by atoms with van der Waals surface area (Å²) in [7, 11) is 1.63. The normalized spacial score (nSPS) is 12.0. The number of methoxy groups -OCH3 is 1. The van der Waals surface area contributed by atoms with Crippen molar-refractivity contribution in [1.29, 1.82) is 5.26 Å². The monoisotopic (exact) mass is 466 g/mol. The molecule has 0 aliphatic rings. The summed E-state index contributed by atoms with van der Waals surface area (Å²) in [5.74, 6) is 1.04. The van der Waals surface area contributed by atoms with Gasteiger partial charge < -0.3 is 14.8 Å². The van der Waals surface area contributed by atoms with Crippen LogP contribution in [0.1, 0.15) is 5.82 Å². The first-order valence-electron chi connectivity index (χ1n) is 9.69. The molecule has 2 aromatic carbocycles. The number of aromatic nitrogens is 5. The second-order valence-electron chi connectivity index (χ2n) is 6.78. The van der Waals surface area contributed by atoms with Gasteiger partial charge in [0.25, 0.3) is 0 Å². The summed E-state index contributed by atoms with van der Waals surface area (Å²) in [6.07, 6.45) is 0. The molecule has 2 heterocycles. The third kappa shape index (κ3) is 4.62. The molecule has 4 rings (SSSR count). The molecule has 0 fully saturated rings. The van der Waals surface area contributed by atoms with Crippen LogP contribution in [0.15, 0.2) is 59.4 Å². The van der Waals surface area contributed by atoms with E-state index in [0.29, 0.717) is 35.0 Å². The molecule has 10 heteroatoms. The molecule has 0 unspecified atom stereocenters. The van der Waals surface area contributed by atoms with Crippen LogP contribution in [0, 0.1) is 11.3 Å². The van der Waals surface area contributed by atoms with E-state index in [1.54, 1.807) is 19.2 Å². The first-order valence-corrected chi connectivity index (χ1v) is 11.0. The zero-order valence-corrected chi connectivity index (χ0v) is 18.7. The van der Waals surface area contributed by atoms with Crippen LogP contribution < -0.4 is 0 Å². The van der Waals surface area contributed by atoms with Crippen molar-refractivity contribution < 1.29 is 9.84 Å². The number of ether oxygens (including phenoxy) is 1.